The van der Waals surface area contributed by atoms with Crippen LogP contribution in [0.1, 0.15) is 53.1 Å². The molecule has 0 fully saturated rings. The molecule has 25 heavy (non-hydrogen) atoms. The Balaban J connectivity index is 3.07. The fourth-order valence-corrected chi connectivity index (χ4v) is 3.76. The lowest BCUT2D eigenvalue weighted by Gasteiger charge is -2.37. The smallest absolute Gasteiger partial charge is 0.192 e. The number of halogens is 2. The molecule has 0 aliphatic rings. The molecule has 144 valence electrons. The van der Waals surface area contributed by atoms with Gasteiger partial charge in [-0.2, -0.15) is 0 Å². The van der Waals surface area contributed by atoms with Crippen LogP contribution in [0.3, 0.4) is 0 Å². The molecule has 0 aromatic heterocycles. The average Bonchev–Trinajstić information content (AvgIpc) is 2.44. The van der Waals surface area contributed by atoms with Crippen molar-refractivity contribution in [3.05, 3.63) is 34.6 Å². The van der Waals surface area contributed by atoms with Crippen LogP contribution in [0.25, 0.3) is 0 Å². The highest BCUT2D eigenvalue weighted by Crippen LogP contribution is 2.37. The van der Waals surface area contributed by atoms with Gasteiger partial charge in [0.15, 0.2) is 8.32 Å². The van der Waals surface area contributed by atoms with Gasteiger partial charge in [0, 0.05) is 0 Å². The predicted molar refractivity (Wildman–Crippen MR) is 108 cm³/mol. The van der Waals surface area contributed by atoms with Gasteiger partial charge in [-0.1, -0.05) is 38.4 Å². The summed E-state index contributed by atoms with van der Waals surface area (Å²) in [6, 6.07) is 4.24. The molecule has 3 nitrogen and oxygen atoms in total. The molecular formula is C18H31ClFNO2SSi. The zero-order chi connectivity index (χ0) is 19.6. The molecule has 0 aliphatic heterocycles. The van der Waals surface area contributed by atoms with Crippen molar-refractivity contribution in [1.82, 2.24) is 4.72 Å². The molecule has 0 saturated carbocycles. The van der Waals surface area contributed by atoms with Gasteiger partial charge in [0.25, 0.3) is 0 Å². The standard InChI is InChI=1S/C18H31ClFNO2SSi/c1-17(2,3)24(22)21-16(12-23-25(7,8)18(4,5)6)13-9-10-15(20)14(19)11-13/h9-11,16,21H,12H2,1-8H3/t16-,24-/m1/s1. The Labute approximate surface area is 160 Å². The zero-order valence-corrected chi connectivity index (χ0v) is 19.1. The summed E-state index contributed by atoms with van der Waals surface area (Å²) in [5.74, 6) is -0.466. The summed E-state index contributed by atoms with van der Waals surface area (Å²) in [7, 11) is -3.25. The van der Waals surface area contributed by atoms with Gasteiger partial charge in [-0.25, -0.2) is 13.3 Å². The molecule has 1 aromatic rings. The Hall–Kier alpha value is -0.273. The van der Waals surface area contributed by atoms with E-state index in [0.29, 0.717) is 6.61 Å². The second-order valence-electron chi connectivity index (χ2n) is 8.80. The number of hydrogen-bond acceptors (Lipinski definition) is 2. The van der Waals surface area contributed by atoms with E-state index < -0.39 is 29.9 Å². The first kappa shape index (κ1) is 22.8. The minimum atomic E-state index is -1.97. The molecule has 0 heterocycles. The summed E-state index contributed by atoms with van der Waals surface area (Å²) < 4.78 is 35.1. The summed E-state index contributed by atoms with van der Waals surface area (Å²) in [6.07, 6.45) is 0. The number of nitrogens with one attached hydrogen (secondary N) is 1. The molecule has 0 saturated heterocycles. The zero-order valence-electron chi connectivity index (χ0n) is 16.5. The number of hydrogen-bond donors (Lipinski definition) is 1. The monoisotopic (exact) mass is 407 g/mol. The summed E-state index contributed by atoms with van der Waals surface area (Å²) in [6.45, 7) is 16.9. The molecule has 1 rings (SSSR count). The van der Waals surface area contributed by atoms with Crippen molar-refractivity contribution in [2.75, 3.05) is 6.61 Å². The van der Waals surface area contributed by atoms with E-state index in [4.69, 9.17) is 16.0 Å². The topological polar surface area (TPSA) is 38.3 Å². The molecule has 0 unspecified atom stereocenters. The van der Waals surface area contributed by atoms with Crippen molar-refractivity contribution >= 4 is 30.9 Å². The number of rotatable bonds is 6. The van der Waals surface area contributed by atoms with Crippen molar-refractivity contribution in [2.45, 2.75) is 70.5 Å². The lowest BCUT2D eigenvalue weighted by molar-refractivity contribution is 0.257. The highest BCUT2D eigenvalue weighted by atomic mass is 35.5. The van der Waals surface area contributed by atoms with Crippen LogP contribution < -0.4 is 4.72 Å². The summed E-state index contributed by atoms with van der Waals surface area (Å²) in [4.78, 5) is 0. The van der Waals surface area contributed by atoms with Crippen molar-refractivity contribution in [3.8, 4) is 0 Å². The molecule has 0 radical (unpaired) electrons. The predicted octanol–water partition coefficient (Wildman–Crippen LogP) is 5.59. The maximum Gasteiger partial charge on any atom is 0.192 e. The molecular weight excluding hydrogens is 377 g/mol. The number of benzene rings is 1. The van der Waals surface area contributed by atoms with E-state index in [2.05, 4.69) is 38.6 Å². The van der Waals surface area contributed by atoms with Crippen molar-refractivity contribution in [3.63, 3.8) is 0 Å². The van der Waals surface area contributed by atoms with E-state index in [1.165, 1.54) is 6.07 Å². The van der Waals surface area contributed by atoms with Gasteiger partial charge in [0.1, 0.15) is 5.82 Å². The third kappa shape index (κ3) is 6.43. The quantitative estimate of drug-likeness (QED) is 0.623. The van der Waals surface area contributed by atoms with Gasteiger partial charge in [-0.3, -0.25) is 0 Å². The highest BCUT2D eigenvalue weighted by molar-refractivity contribution is 7.84. The highest BCUT2D eigenvalue weighted by Gasteiger charge is 2.38. The van der Waals surface area contributed by atoms with Gasteiger partial charge in [-0.05, 0) is 56.6 Å². The van der Waals surface area contributed by atoms with Gasteiger partial charge in [-0.15, -0.1) is 0 Å². The Bertz CT molecular complexity index is 626. The average molecular weight is 408 g/mol. The molecule has 0 bridgehead atoms. The first-order chi connectivity index (χ1) is 11.1. The molecule has 0 spiro atoms. The molecule has 0 amide bonds. The lowest BCUT2D eigenvalue weighted by atomic mass is 10.1. The second kappa shape index (κ2) is 8.17. The van der Waals surface area contributed by atoms with Crippen LogP contribution in [0.15, 0.2) is 18.2 Å². The van der Waals surface area contributed by atoms with E-state index in [9.17, 15) is 8.60 Å². The van der Waals surface area contributed by atoms with Crippen LogP contribution in [0.2, 0.25) is 23.2 Å². The van der Waals surface area contributed by atoms with E-state index >= 15 is 0 Å². The van der Waals surface area contributed by atoms with Crippen LogP contribution in [0.4, 0.5) is 4.39 Å². The van der Waals surface area contributed by atoms with Crippen LogP contribution in [0, 0.1) is 5.82 Å². The van der Waals surface area contributed by atoms with E-state index in [-0.39, 0.29) is 16.1 Å². The molecule has 0 aliphatic carbocycles. The third-order valence-corrected chi connectivity index (χ3v) is 11.0. The SMILES string of the molecule is CC(C)(C)[S@@](=O)N[C@H](CO[Si](C)(C)C(C)(C)C)c1ccc(F)c(Cl)c1. The van der Waals surface area contributed by atoms with Crippen LogP contribution in [-0.4, -0.2) is 23.9 Å². The third-order valence-electron chi connectivity index (χ3n) is 4.57. The van der Waals surface area contributed by atoms with Gasteiger partial charge >= 0.3 is 0 Å². The van der Waals surface area contributed by atoms with Crippen LogP contribution in [0.5, 0.6) is 0 Å². The maximum atomic E-state index is 13.5. The van der Waals surface area contributed by atoms with Gasteiger partial charge in [0.05, 0.1) is 33.4 Å². The fraction of sp³-hybridized carbons (Fsp3) is 0.667. The Morgan fingerprint density at radius 3 is 2.24 bits per heavy atom. The van der Waals surface area contributed by atoms with Crippen molar-refractivity contribution < 1.29 is 13.0 Å². The van der Waals surface area contributed by atoms with Gasteiger partial charge in [0.2, 0.25) is 0 Å². The van der Waals surface area contributed by atoms with E-state index in [1.807, 2.05) is 20.8 Å². The Morgan fingerprint density at radius 2 is 1.80 bits per heavy atom. The minimum Gasteiger partial charge on any atom is -0.415 e. The van der Waals surface area contributed by atoms with Gasteiger partial charge < -0.3 is 4.43 Å². The fourth-order valence-electron chi connectivity index (χ4n) is 1.74. The summed E-state index contributed by atoms with van der Waals surface area (Å²) >= 11 is 5.94. The second-order valence-corrected chi connectivity index (χ2v) is 16.0. The molecule has 7 heteroatoms. The normalized spacial score (nSPS) is 15.9. The minimum absolute atomic E-state index is 0.0539. The van der Waals surface area contributed by atoms with E-state index in [1.54, 1.807) is 12.1 Å². The maximum absolute atomic E-state index is 13.5. The van der Waals surface area contributed by atoms with Crippen LogP contribution >= 0.6 is 11.6 Å². The molecule has 1 N–H and O–H groups in total. The lowest BCUT2D eigenvalue weighted by Crippen LogP contribution is -2.44. The van der Waals surface area contributed by atoms with Crippen molar-refractivity contribution in [1.29, 1.82) is 0 Å². The Morgan fingerprint density at radius 1 is 1.24 bits per heavy atom. The first-order valence-electron chi connectivity index (χ1n) is 8.42. The summed E-state index contributed by atoms with van der Waals surface area (Å²) in [5, 5.41) is 0.124. The largest absolute Gasteiger partial charge is 0.415 e. The molecule has 1 aromatic carbocycles. The van der Waals surface area contributed by atoms with Crippen LogP contribution in [-0.2, 0) is 15.4 Å². The first-order valence-corrected chi connectivity index (χ1v) is 12.9. The van der Waals surface area contributed by atoms with Crippen molar-refractivity contribution in [2.24, 2.45) is 0 Å². The molecule has 2 atom stereocenters. The Kier molecular flexibility index (Phi) is 7.44. The summed E-state index contributed by atoms with van der Waals surface area (Å²) in [5.41, 5.74) is 0.766. The van der Waals surface area contributed by atoms with E-state index in [0.717, 1.165) is 5.56 Å².